The molecule has 2 atom stereocenters. The molecular formula is C26H36F2N2O4S. The highest BCUT2D eigenvalue weighted by atomic mass is 32.2. The van der Waals surface area contributed by atoms with Crippen LogP contribution in [0.1, 0.15) is 68.4 Å². The van der Waals surface area contributed by atoms with E-state index in [9.17, 15) is 22.0 Å². The molecule has 6 nitrogen and oxygen atoms in total. The first kappa shape index (κ1) is 28.9. The lowest BCUT2D eigenvalue weighted by molar-refractivity contribution is -0.151. The number of esters is 1. The SMILES string of the molecule is CCCCS(=O)(=O)C(c1cc(F)cc(F)c1)[C@](N)(CCC)C(=O)OCNCc1cccc(CC)c1. The summed E-state index contributed by atoms with van der Waals surface area (Å²) in [6.07, 6.45) is 2.12. The van der Waals surface area contributed by atoms with Crippen molar-refractivity contribution in [1.82, 2.24) is 5.32 Å². The predicted molar refractivity (Wildman–Crippen MR) is 133 cm³/mol. The minimum Gasteiger partial charge on any atom is -0.448 e. The van der Waals surface area contributed by atoms with Crippen LogP contribution in [0.5, 0.6) is 0 Å². The van der Waals surface area contributed by atoms with E-state index >= 15 is 0 Å². The van der Waals surface area contributed by atoms with Crippen LogP contribution in [0.25, 0.3) is 0 Å². The number of halogens is 2. The summed E-state index contributed by atoms with van der Waals surface area (Å²) in [6.45, 7) is 5.86. The van der Waals surface area contributed by atoms with E-state index in [2.05, 4.69) is 12.2 Å². The van der Waals surface area contributed by atoms with E-state index in [0.717, 1.165) is 24.1 Å². The number of rotatable bonds is 14. The third kappa shape index (κ3) is 7.81. The lowest BCUT2D eigenvalue weighted by Crippen LogP contribution is -2.56. The number of carbonyl (C=O) groups excluding carboxylic acids is 1. The predicted octanol–water partition coefficient (Wildman–Crippen LogP) is 4.57. The molecule has 0 heterocycles. The van der Waals surface area contributed by atoms with Crippen LogP contribution >= 0.6 is 0 Å². The zero-order valence-corrected chi connectivity index (χ0v) is 21.5. The fourth-order valence-corrected chi connectivity index (χ4v) is 6.51. The second kappa shape index (κ2) is 13.1. The summed E-state index contributed by atoms with van der Waals surface area (Å²) < 4.78 is 60.2. The van der Waals surface area contributed by atoms with Gasteiger partial charge in [-0.2, -0.15) is 0 Å². The first-order chi connectivity index (χ1) is 16.6. The van der Waals surface area contributed by atoms with Crippen LogP contribution in [0.15, 0.2) is 42.5 Å². The van der Waals surface area contributed by atoms with Crippen molar-refractivity contribution in [2.75, 3.05) is 12.5 Å². The topological polar surface area (TPSA) is 98.5 Å². The molecule has 0 saturated heterocycles. The Morgan fingerprint density at radius 2 is 1.71 bits per heavy atom. The van der Waals surface area contributed by atoms with Crippen molar-refractivity contribution >= 4 is 15.8 Å². The second-order valence-corrected chi connectivity index (χ2v) is 11.0. The van der Waals surface area contributed by atoms with Crippen LogP contribution in [-0.4, -0.2) is 32.4 Å². The minimum atomic E-state index is -4.06. The Balaban J connectivity index is 2.30. The molecule has 0 aliphatic carbocycles. The van der Waals surface area contributed by atoms with Gasteiger partial charge in [-0.1, -0.05) is 57.9 Å². The second-order valence-electron chi connectivity index (χ2n) is 8.77. The Hall–Kier alpha value is -2.36. The maximum absolute atomic E-state index is 14.1. The molecule has 0 spiro atoms. The van der Waals surface area contributed by atoms with Crippen LogP contribution in [-0.2, 0) is 32.3 Å². The molecule has 1 unspecified atom stereocenters. The van der Waals surface area contributed by atoms with E-state index in [1.807, 2.05) is 31.2 Å². The van der Waals surface area contributed by atoms with Crippen LogP contribution in [0.2, 0.25) is 0 Å². The van der Waals surface area contributed by atoms with E-state index in [1.165, 1.54) is 5.56 Å². The van der Waals surface area contributed by atoms with E-state index in [-0.39, 0.29) is 24.5 Å². The number of nitrogens with one attached hydrogen (secondary N) is 1. The van der Waals surface area contributed by atoms with Gasteiger partial charge >= 0.3 is 5.97 Å². The van der Waals surface area contributed by atoms with Gasteiger partial charge in [-0.25, -0.2) is 22.0 Å². The summed E-state index contributed by atoms with van der Waals surface area (Å²) in [5.41, 5.74) is 6.45. The molecule has 2 rings (SSSR count). The number of benzene rings is 2. The van der Waals surface area contributed by atoms with E-state index in [1.54, 1.807) is 6.92 Å². The maximum Gasteiger partial charge on any atom is 0.329 e. The first-order valence-corrected chi connectivity index (χ1v) is 13.7. The standard InChI is InChI=1S/C26H36F2N2O4S/c1-4-7-12-35(32,33)24(21-14-22(27)16-23(28)15-21)26(29,11-5-2)25(31)34-18-30-17-20-10-8-9-19(6-3)13-20/h8-10,13-16,24,30H,4-7,11-12,17-18,29H2,1-3H3/t24?,26-/m1/s1. The van der Waals surface area contributed by atoms with Crippen molar-refractivity contribution < 1.29 is 26.7 Å². The van der Waals surface area contributed by atoms with Gasteiger partial charge in [0.1, 0.15) is 29.2 Å². The lowest BCUT2D eigenvalue weighted by atomic mass is 9.86. The van der Waals surface area contributed by atoms with Crippen molar-refractivity contribution in [3.63, 3.8) is 0 Å². The number of sulfone groups is 1. The summed E-state index contributed by atoms with van der Waals surface area (Å²) in [7, 11) is -4.06. The molecule has 0 amide bonds. The molecular weight excluding hydrogens is 474 g/mol. The molecule has 194 valence electrons. The summed E-state index contributed by atoms with van der Waals surface area (Å²) >= 11 is 0. The van der Waals surface area contributed by atoms with Crippen molar-refractivity contribution in [2.45, 2.75) is 70.2 Å². The number of ether oxygens (including phenoxy) is 1. The maximum atomic E-state index is 14.1. The van der Waals surface area contributed by atoms with Crippen LogP contribution in [0.4, 0.5) is 8.78 Å². The number of nitrogens with two attached hydrogens (primary N) is 1. The van der Waals surface area contributed by atoms with Crippen molar-refractivity contribution in [1.29, 1.82) is 0 Å². The van der Waals surface area contributed by atoms with E-state index < -0.39 is 38.2 Å². The molecule has 2 aromatic carbocycles. The average molecular weight is 511 g/mol. The van der Waals surface area contributed by atoms with Gasteiger partial charge in [0.15, 0.2) is 9.84 Å². The van der Waals surface area contributed by atoms with Gasteiger partial charge in [0.2, 0.25) is 0 Å². The highest BCUT2D eigenvalue weighted by Crippen LogP contribution is 2.38. The van der Waals surface area contributed by atoms with Gasteiger partial charge in [0.05, 0.1) is 5.75 Å². The molecule has 0 aromatic heterocycles. The van der Waals surface area contributed by atoms with Crippen LogP contribution < -0.4 is 11.1 Å². The minimum absolute atomic E-state index is 0.0431. The molecule has 9 heteroatoms. The van der Waals surface area contributed by atoms with Crippen LogP contribution in [0.3, 0.4) is 0 Å². The van der Waals surface area contributed by atoms with Gasteiger partial charge in [-0.3, -0.25) is 5.32 Å². The summed E-state index contributed by atoms with van der Waals surface area (Å²) in [4.78, 5) is 13.2. The summed E-state index contributed by atoms with van der Waals surface area (Å²) in [5.74, 6) is -3.10. The molecule has 35 heavy (non-hydrogen) atoms. The highest BCUT2D eigenvalue weighted by Gasteiger charge is 2.50. The third-order valence-electron chi connectivity index (χ3n) is 5.87. The number of unbranched alkanes of at least 4 members (excludes halogenated alkanes) is 1. The summed E-state index contributed by atoms with van der Waals surface area (Å²) in [6, 6.07) is 10.4. The molecule has 3 N–H and O–H groups in total. The van der Waals surface area contributed by atoms with E-state index in [4.69, 9.17) is 10.5 Å². The van der Waals surface area contributed by atoms with Gasteiger partial charge in [0, 0.05) is 12.6 Å². The Morgan fingerprint density at radius 1 is 1.06 bits per heavy atom. The molecule has 0 fully saturated rings. The van der Waals surface area contributed by atoms with E-state index in [0.29, 0.717) is 31.9 Å². The zero-order valence-electron chi connectivity index (χ0n) is 20.7. The molecule has 0 saturated carbocycles. The molecule has 0 bridgehead atoms. The fourth-order valence-electron chi connectivity index (χ4n) is 4.17. The van der Waals surface area contributed by atoms with Gasteiger partial charge < -0.3 is 10.5 Å². The number of aryl methyl sites for hydroxylation is 1. The van der Waals surface area contributed by atoms with Gasteiger partial charge in [0.25, 0.3) is 0 Å². The Bertz CT molecular complexity index is 1070. The van der Waals surface area contributed by atoms with Gasteiger partial charge in [-0.15, -0.1) is 0 Å². The normalized spacial score (nSPS) is 14.3. The fraction of sp³-hybridized carbons (Fsp3) is 0.500. The Labute approximate surface area is 207 Å². The molecule has 0 aliphatic heterocycles. The van der Waals surface area contributed by atoms with Crippen LogP contribution in [0, 0.1) is 11.6 Å². The Kier molecular flexibility index (Phi) is 10.8. The quantitative estimate of drug-likeness (QED) is 0.219. The number of hydrogen-bond donors (Lipinski definition) is 2. The summed E-state index contributed by atoms with van der Waals surface area (Å²) in [5, 5.41) is 1.35. The molecule has 0 radical (unpaired) electrons. The smallest absolute Gasteiger partial charge is 0.329 e. The van der Waals surface area contributed by atoms with Crippen molar-refractivity contribution in [3.05, 3.63) is 70.8 Å². The number of hydrogen-bond acceptors (Lipinski definition) is 6. The lowest BCUT2D eigenvalue weighted by Gasteiger charge is -2.35. The highest BCUT2D eigenvalue weighted by molar-refractivity contribution is 7.91. The Morgan fingerprint density at radius 3 is 2.31 bits per heavy atom. The monoisotopic (exact) mass is 510 g/mol. The van der Waals surface area contributed by atoms with Crippen molar-refractivity contribution in [3.8, 4) is 0 Å². The number of carbonyl (C=O) groups is 1. The third-order valence-corrected chi connectivity index (χ3v) is 8.14. The van der Waals surface area contributed by atoms with Gasteiger partial charge in [-0.05, 0) is 48.1 Å². The zero-order chi connectivity index (χ0) is 26.1. The first-order valence-electron chi connectivity index (χ1n) is 12.0. The largest absolute Gasteiger partial charge is 0.448 e. The average Bonchev–Trinajstić information content (AvgIpc) is 2.80. The molecule has 2 aromatic rings. The molecule has 0 aliphatic rings. The van der Waals surface area contributed by atoms with Crippen molar-refractivity contribution in [2.24, 2.45) is 5.73 Å².